The van der Waals surface area contributed by atoms with Crippen molar-refractivity contribution in [1.82, 2.24) is 4.81 Å². The number of ether oxygens (including phenoxy) is 2. The third-order valence-corrected chi connectivity index (χ3v) is 4.45. The van der Waals surface area contributed by atoms with Gasteiger partial charge in [0.1, 0.15) is 11.5 Å². The third-order valence-electron chi connectivity index (χ3n) is 3.26. The SMILES string of the molecule is [B]N1CCC(SCOC(=O)C(C)(C)C)/C(=C\C(=O)OC(C)(C)C)C1. The summed E-state index contributed by atoms with van der Waals surface area (Å²) in [5.74, 6) is -0.342. The zero-order chi connectivity index (χ0) is 18.5. The minimum atomic E-state index is -0.532. The summed E-state index contributed by atoms with van der Waals surface area (Å²) < 4.78 is 10.6. The number of hydrogen-bond acceptors (Lipinski definition) is 6. The molecule has 5 nitrogen and oxygen atoms in total. The van der Waals surface area contributed by atoms with Crippen molar-refractivity contribution in [2.45, 2.75) is 58.8 Å². The summed E-state index contributed by atoms with van der Waals surface area (Å²) in [7, 11) is 5.87. The number of hydrogen-bond donors (Lipinski definition) is 0. The van der Waals surface area contributed by atoms with E-state index in [1.54, 1.807) is 4.81 Å². The molecule has 1 aliphatic heterocycles. The van der Waals surface area contributed by atoms with Gasteiger partial charge < -0.3 is 14.3 Å². The van der Waals surface area contributed by atoms with E-state index in [9.17, 15) is 9.59 Å². The third kappa shape index (κ3) is 7.75. The van der Waals surface area contributed by atoms with Crippen LogP contribution in [0.5, 0.6) is 0 Å². The van der Waals surface area contributed by atoms with E-state index in [1.807, 2.05) is 41.5 Å². The maximum Gasteiger partial charge on any atom is 0.331 e. The molecule has 134 valence electrons. The van der Waals surface area contributed by atoms with Crippen LogP contribution in [0.15, 0.2) is 11.6 Å². The van der Waals surface area contributed by atoms with E-state index in [2.05, 4.69) is 0 Å². The van der Waals surface area contributed by atoms with Gasteiger partial charge in [-0.1, -0.05) is 0 Å². The van der Waals surface area contributed by atoms with Crippen molar-refractivity contribution in [2.75, 3.05) is 19.0 Å². The molecule has 0 bridgehead atoms. The predicted octanol–water partition coefficient (Wildman–Crippen LogP) is 2.69. The van der Waals surface area contributed by atoms with Crippen molar-refractivity contribution in [1.29, 1.82) is 0 Å². The van der Waals surface area contributed by atoms with Crippen LogP contribution in [0.1, 0.15) is 48.0 Å². The lowest BCUT2D eigenvalue weighted by molar-refractivity contribution is -0.150. The standard InChI is InChI=1S/C17H28BNO4S/c1-16(2,3)15(21)22-11-24-13-7-8-19(18)10-12(13)9-14(20)23-17(4,5)6/h9,13H,7-8,10-11H2,1-6H3/b12-9-. The van der Waals surface area contributed by atoms with Gasteiger partial charge in [0.25, 0.3) is 0 Å². The summed E-state index contributed by atoms with van der Waals surface area (Å²) in [6, 6.07) is 0. The molecule has 1 fully saturated rings. The maximum atomic E-state index is 12.0. The smallest absolute Gasteiger partial charge is 0.331 e. The first-order valence-electron chi connectivity index (χ1n) is 8.10. The Morgan fingerprint density at radius 3 is 2.46 bits per heavy atom. The van der Waals surface area contributed by atoms with E-state index in [0.717, 1.165) is 18.5 Å². The zero-order valence-electron chi connectivity index (χ0n) is 15.5. The number of rotatable bonds is 4. The Kier molecular flexibility index (Phi) is 7.41. The fourth-order valence-corrected chi connectivity index (χ4v) is 3.05. The van der Waals surface area contributed by atoms with Gasteiger partial charge in [-0.2, -0.15) is 0 Å². The summed E-state index contributed by atoms with van der Waals surface area (Å²) in [6.45, 7) is 12.2. The monoisotopic (exact) mass is 353 g/mol. The van der Waals surface area contributed by atoms with Crippen molar-refractivity contribution < 1.29 is 19.1 Å². The molecule has 24 heavy (non-hydrogen) atoms. The minimum Gasteiger partial charge on any atom is -0.457 e. The molecule has 1 aliphatic rings. The predicted molar refractivity (Wildman–Crippen MR) is 97.7 cm³/mol. The van der Waals surface area contributed by atoms with Gasteiger partial charge in [-0.3, -0.25) is 4.79 Å². The molecule has 1 rings (SSSR count). The molecule has 0 aromatic carbocycles. The fourth-order valence-electron chi connectivity index (χ4n) is 2.08. The molecule has 0 amide bonds. The lowest BCUT2D eigenvalue weighted by Crippen LogP contribution is -2.36. The number of piperidine rings is 1. The van der Waals surface area contributed by atoms with Crippen molar-refractivity contribution in [3.8, 4) is 0 Å². The second-order valence-electron chi connectivity index (χ2n) is 7.97. The molecule has 0 spiro atoms. The lowest BCUT2D eigenvalue weighted by Gasteiger charge is -2.32. The Bertz CT molecular complexity index is 494. The topological polar surface area (TPSA) is 55.8 Å². The molecule has 1 unspecified atom stereocenters. The number of esters is 2. The van der Waals surface area contributed by atoms with E-state index >= 15 is 0 Å². The Morgan fingerprint density at radius 2 is 1.92 bits per heavy atom. The van der Waals surface area contributed by atoms with Crippen LogP contribution in [0.2, 0.25) is 0 Å². The first-order valence-corrected chi connectivity index (χ1v) is 9.15. The summed E-state index contributed by atoms with van der Waals surface area (Å²) in [6.07, 6.45) is 2.32. The second-order valence-corrected chi connectivity index (χ2v) is 9.10. The van der Waals surface area contributed by atoms with Gasteiger partial charge in [-0.15, -0.1) is 11.8 Å². The van der Waals surface area contributed by atoms with Gasteiger partial charge in [0.15, 0.2) is 7.98 Å². The number of thioether (sulfide) groups is 1. The molecule has 7 heteroatoms. The van der Waals surface area contributed by atoms with E-state index < -0.39 is 11.0 Å². The molecular formula is C17H28BNO4S. The highest BCUT2D eigenvalue weighted by Crippen LogP contribution is 2.28. The summed E-state index contributed by atoms with van der Waals surface area (Å²) in [5, 5.41) is 0.0880. The molecule has 0 saturated carbocycles. The number of carbonyl (C=O) groups excluding carboxylic acids is 2. The Hall–Kier alpha value is -0.945. The molecule has 0 aromatic heterocycles. The largest absolute Gasteiger partial charge is 0.457 e. The Morgan fingerprint density at radius 1 is 1.29 bits per heavy atom. The van der Waals surface area contributed by atoms with E-state index in [1.165, 1.54) is 17.8 Å². The second kappa shape index (κ2) is 8.43. The van der Waals surface area contributed by atoms with Crippen molar-refractivity contribution in [3.63, 3.8) is 0 Å². The van der Waals surface area contributed by atoms with Gasteiger partial charge >= 0.3 is 11.9 Å². The first-order chi connectivity index (χ1) is 10.9. The highest BCUT2D eigenvalue weighted by Gasteiger charge is 2.26. The summed E-state index contributed by atoms with van der Waals surface area (Å²) >= 11 is 1.51. The van der Waals surface area contributed by atoms with Gasteiger partial charge in [-0.05, 0) is 60.1 Å². The van der Waals surface area contributed by atoms with Crippen LogP contribution in [0.4, 0.5) is 0 Å². The molecule has 0 aromatic rings. The Labute approximate surface area is 150 Å². The molecule has 1 saturated heterocycles. The average Bonchev–Trinajstić information content (AvgIpc) is 2.37. The van der Waals surface area contributed by atoms with E-state index in [0.29, 0.717) is 6.54 Å². The molecule has 0 N–H and O–H groups in total. The maximum absolute atomic E-state index is 12.0. The first kappa shape index (κ1) is 21.1. The van der Waals surface area contributed by atoms with Crippen LogP contribution in [0.3, 0.4) is 0 Å². The Balaban J connectivity index is 2.66. The molecule has 0 aliphatic carbocycles. The van der Waals surface area contributed by atoms with Crippen LogP contribution >= 0.6 is 11.8 Å². The van der Waals surface area contributed by atoms with Crippen LogP contribution < -0.4 is 0 Å². The summed E-state index contributed by atoms with van der Waals surface area (Å²) in [5.41, 5.74) is -0.151. The number of nitrogens with zero attached hydrogens (tertiary/aromatic N) is 1. The average molecular weight is 353 g/mol. The van der Waals surface area contributed by atoms with E-state index in [4.69, 9.17) is 17.5 Å². The van der Waals surface area contributed by atoms with Gasteiger partial charge in [0, 0.05) is 17.9 Å². The summed E-state index contributed by atoms with van der Waals surface area (Å²) in [4.78, 5) is 25.5. The van der Waals surface area contributed by atoms with Crippen molar-refractivity contribution in [2.24, 2.45) is 5.41 Å². The molecule has 1 heterocycles. The normalized spacial score (nSPS) is 21.6. The molecule has 1 atom stereocenters. The molecule has 2 radical (unpaired) electrons. The van der Waals surface area contributed by atoms with Crippen molar-refractivity contribution >= 4 is 31.7 Å². The van der Waals surface area contributed by atoms with Crippen molar-refractivity contribution in [3.05, 3.63) is 11.6 Å². The fraction of sp³-hybridized carbons (Fsp3) is 0.765. The van der Waals surface area contributed by atoms with Crippen LogP contribution in [-0.4, -0.2) is 54.6 Å². The van der Waals surface area contributed by atoms with Gasteiger partial charge in [0.2, 0.25) is 0 Å². The van der Waals surface area contributed by atoms with Crippen LogP contribution in [-0.2, 0) is 19.1 Å². The zero-order valence-corrected chi connectivity index (χ0v) is 16.4. The van der Waals surface area contributed by atoms with Crippen LogP contribution in [0, 0.1) is 5.41 Å². The lowest BCUT2D eigenvalue weighted by atomic mass is 9.98. The highest BCUT2D eigenvalue weighted by atomic mass is 32.2. The highest BCUT2D eigenvalue weighted by molar-refractivity contribution is 7.99. The van der Waals surface area contributed by atoms with Crippen LogP contribution in [0.25, 0.3) is 0 Å². The minimum absolute atomic E-state index is 0.0880. The van der Waals surface area contributed by atoms with Gasteiger partial charge in [-0.25, -0.2) is 4.79 Å². The van der Waals surface area contributed by atoms with E-state index in [-0.39, 0.29) is 23.1 Å². The number of carbonyl (C=O) groups is 2. The quantitative estimate of drug-likeness (QED) is 0.335. The van der Waals surface area contributed by atoms with Gasteiger partial charge in [0.05, 0.1) is 5.41 Å². The molecular weight excluding hydrogens is 325 g/mol.